The summed E-state index contributed by atoms with van der Waals surface area (Å²) in [7, 11) is 0. The molecule has 0 aliphatic heterocycles. The van der Waals surface area contributed by atoms with Crippen LogP contribution in [0.2, 0.25) is 0 Å². The summed E-state index contributed by atoms with van der Waals surface area (Å²) in [4.78, 5) is 4.05. The van der Waals surface area contributed by atoms with E-state index in [4.69, 9.17) is 5.73 Å². The Labute approximate surface area is 68.6 Å². The molecule has 0 aliphatic carbocycles. The molecule has 0 unspecified atom stereocenters. The second kappa shape index (κ2) is 3.12. The lowest BCUT2D eigenvalue weighted by molar-refractivity contribution is 1.02. The minimum Gasteiger partial charge on any atom is -0.326 e. The van der Waals surface area contributed by atoms with Gasteiger partial charge in [0.15, 0.2) is 0 Å². The Hall–Kier alpha value is -0.410. The zero-order valence-electron chi connectivity index (χ0n) is 5.76. The molecule has 0 amide bonds. The lowest BCUT2D eigenvalue weighted by Gasteiger charge is -2.00. The van der Waals surface area contributed by atoms with Crippen molar-refractivity contribution in [1.82, 2.24) is 4.98 Å². The zero-order valence-corrected chi connectivity index (χ0v) is 7.35. The number of rotatable bonds is 1. The Kier molecular flexibility index (Phi) is 2.40. The lowest BCUT2D eigenvalue weighted by atomic mass is 10.2. The topological polar surface area (TPSA) is 38.9 Å². The Balaban J connectivity index is 3.07. The molecule has 2 nitrogen and oxygen atoms in total. The number of nitrogens with two attached hydrogens (primary N) is 1. The van der Waals surface area contributed by atoms with Crippen LogP contribution < -0.4 is 5.73 Å². The highest BCUT2D eigenvalue weighted by atomic mass is 79.9. The molecule has 10 heavy (non-hydrogen) atoms. The molecule has 0 radical (unpaired) electrons. The van der Waals surface area contributed by atoms with Gasteiger partial charge in [0, 0.05) is 12.7 Å². The second-order valence-electron chi connectivity index (χ2n) is 2.14. The normalized spacial score (nSPS) is 9.90. The Bertz CT molecular complexity index is 235. The highest BCUT2D eigenvalue weighted by Crippen LogP contribution is 2.11. The molecular formula is C7H9BrN2. The minimum absolute atomic E-state index is 0.562. The van der Waals surface area contributed by atoms with Gasteiger partial charge in [0.2, 0.25) is 0 Å². The third-order valence-electron chi connectivity index (χ3n) is 1.41. The van der Waals surface area contributed by atoms with Crippen LogP contribution in [-0.4, -0.2) is 4.98 Å². The summed E-state index contributed by atoms with van der Waals surface area (Å²) in [6.07, 6.45) is 1.79. The predicted octanol–water partition coefficient (Wildman–Crippen LogP) is 1.61. The maximum Gasteiger partial charge on any atom is 0.106 e. The van der Waals surface area contributed by atoms with E-state index in [-0.39, 0.29) is 0 Å². The third-order valence-corrected chi connectivity index (χ3v) is 1.84. The second-order valence-corrected chi connectivity index (χ2v) is 2.95. The number of nitrogens with zero attached hydrogens (tertiary/aromatic N) is 1. The molecule has 0 spiro atoms. The average Bonchev–Trinajstić information content (AvgIpc) is 1.88. The molecule has 2 N–H and O–H groups in total. The van der Waals surface area contributed by atoms with Crippen molar-refractivity contribution in [2.45, 2.75) is 13.5 Å². The van der Waals surface area contributed by atoms with Crippen LogP contribution in [0.5, 0.6) is 0 Å². The molecule has 0 aliphatic rings. The molecule has 0 atom stereocenters. The standard InChI is InChI=1S/C7H9BrN2/c1-5-2-7(8)10-4-6(5)3-9/h2,4H,3,9H2,1H3. The van der Waals surface area contributed by atoms with Gasteiger partial charge in [0.05, 0.1) is 0 Å². The molecule has 0 saturated carbocycles. The van der Waals surface area contributed by atoms with Gasteiger partial charge in [-0.3, -0.25) is 0 Å². The fraction of sp³-hybridized carbons (Fsp3) is 0.286. The van der Waals surface area contributed by atoms with E-state index >= 15 is 0 Å². The van der Waals surface area contributed by atoms with Crippen LogP contribution in [-0.2, 0) is 6.54 Å². The van der Waals surface area contributed by atoms with Crippen LogP contribution in [0.15, 0.2) is 16.9 Å². The van der Waals surface area contributed by atoms with E-state index in [0.717, 1.165) is 10.2 Å². The van der Waals surface area contributed by atoms with Crippen molar-refractivity contribution in [3.05, 3.63) is 28.0 Å². The quantitative estimate of drug-likeness (QED) is 0.701. The smallest absolute Gasteiger partial charge is 0.106 e. The molecule has 0 saturated heterocycles. The fourth-order valence-electron chi connectivity index (χ4n) is 0.764. The van der Waals surface area contributed by atoms with Gasteiger partial charge in [-0.15, -0.1) is 0 Å². The SMILES string of the molecule is Cc1cc(Br)ncc1CN. The first kappa shape index (κ1) is 7.69. The molecule has 1 heterocycles. The van der Waals surface area contributed by atoms with E-state index < -0.39 is 0 Å². The van der Waals surface area contributed by atoms with Gasteiger partial charge in [0.25, 0.3) is 0 Å². The first-order valence-corrected chi connectivity index (χ1v) is 3.84. The maximum atomic E-state index is 5.45. The molecule has 54 valence electrons. The summed E-state index contributed by atoms with van der Waals surface area (Å²) < 4.78 is 0.863. The van der Waals surface area contributed by atoms with Crippen molar-refractivity contribution < 1.29 is 0 Å². The monoisotopic (exact) mass is 200 g/mol. The van der Waals surface area contributed by atoms with Crippen LogP contribution >= 0.6 is 15.9 Å². The van der Waals surface area contributed by atoms with Crippen LogP contribution in [0.25, 0.3) is 0 Å². The van der Waals surface area contributed by atoms with Gasteiger partial charge < -0.3 is 5.73 Å². The number of pyridine rings is 1. The third kappa shape index (κ3) is 1.55. The number of hydrogen-bond donors (Lipinski definition) is 1. The van der Waals surface area contributed by atoms with Crippen molar-refractivity contribution in [1.29, 1.82) is 0 Å². The largest absolute Gasteiger partial charge is 0.326 e. The fourth-order valence-corrected chi connectivity index (χ4v) is 1.21. The zero-order chi connectivity index (χ0) is 7.56. The van der Waals surface area contributed by atoms with Crippen molar-refractivity contribution in [2.75, 3.05) is 0 Å². The number of hydrogen-bond acceptors (Lipinski definition) is 2. The van der Waals surface area contributed by atoms with Crippen LogP contribution in [0.3, 0.4) is 0 Å². The van der Waals surface area contributed by atoms with Crippen molar-refractivity contribution in [3.8, 4) is 0 Å². The first-order chi connectivity index (χ1) is 4.74. The van der Waals surface area contributed by atoms with Gasteiger partial charge in [-0.25, -0.2) is 4.98 Å². The molecule has 1 aromatic rings. The molecule has 0 bridgehead atoms. The van der Waals surface area contributed by atoms with Crippen LogP contribution in [0.4, 0.5) is 0 Å². The average molecular weight is 201 g/mol. The molecule has 1 aromatic heterocycles. The Morgan fingerprint density at radius 3 is 2.90 bits per heavy atom. The molecule has 3 heteroatoms. The molecular weight excluding hydrogens is 192 g/mol. The number of aromatic nitrogens is 1. The highest BCUT2D eigenvalue weighted by molar-refractivity contribution is 9.10. The molecule has 0 aromatic carbocycles. The first-order valence-electron chi connectivity index (χ1n) is 3.05. The van der Waals surface area contributed by atoms with Crippen LogP contribution in [0.1, 0.15) is 11.1 Å². The van der Waals surface area contributed by atoms with Crippen molar-refractivity contribution in [3.63, 3.8) is 0 Å². The van der Waals surface area contributed by atoms with E-state index in [2.05, 4.69) is 20.9 Å². The van der Waals surface area contributed by atoms with E-state index in [1.54, 1.807) is 6.20 Å². The summed E-state index contributed by atoms with van der Waals surface area (Å²) >= 11 is 3.27. The summed E-state index contributed by atoms with van der Waals surface area (Å²) in [6, 6.07) is 1.96. The van der Waals surface area contributed by atoms with Gasteiger partial charge in [-0.2, -0.15) is 0 Å². The van der Waals surface area contributed by atoms with Crippen LogP contribution in [0, 0.1) is 6.92 Å². The van der Waals surface area contributed by atoms with E-state index in [9.17, 15) is 0 Å². The summed E-state index contributed by atoms with van der Waals surface area (Å²) in [5, 5.41) is 0. The number of aryl methyl sites for hydroxylation is 1. The van der Waals surface area contributed by atoms with Gasteiger partial charge >= 0.3 is 0 Å². The predicted molar refractivity (Wildman–Crippen MR) is 44.6 cm³/mol. The summed E-state index contributed by atoms with van der Waals surface area (Å²) in [5.74, 6) is 0. The van der Waals surface area contributed by atoms with Gasteiger partial charge in [0.1, 0.15) is 4.60 Å². The Morgan fingerprint density at radius 2 is 2.40 bits per heavy atom. The van der Waals surface area contributed by atoms with Crippen molar-refractivity contribution >= 4 is 15.9 Å². The van der Waals surface area contributed by atoms with E-state index in [0.29, 0.717) is 6.54 Å². The van der Waals surface area contributed by atoms with Gasteiger partial charge in [-0.1, -0.05) is 0 Å². The minimum atomic E-state index is 0.562. The highest BCUT2D eigenvalue weighted by Gasteiger charge is 1.95. The maximum absolute atomic E-state index is 5.45. The summed E-state index contributed by atoms with van der Waals surface area (Å²) in [5.41, 5.74) is 7.73. The van der Waals surface area contributed by atoms with Crippen molar-refractivity contribution in [2.24, 2.45) is 5.73 Å². The van der Waals surface area contributed by atoms with E-state index in [1.807, 2.05) is 13.0 Å². The van der Waals surface area contributed by atoms with Gasteiger partial charge in [-0.05, 0) is 40.0 Å². The molecule has 0 fully saturated rings. The lowest BCUT2D eigenvalue weighted by Crippen LogP contribution is -1.99. The number of halogens is 1. The Morgan fingerprint density at radius 1 is 1.70 bits per heavy atom. The molecule has 1 rings (SSSR count). The van der Waals surface area contributed by atoms with E-state index in [1.165, 1.54) is 5.56 Å². The summed E-state index contributed by atoms with van der Waals surface area (Å²) in [6.45, 7) is 2.58.